The fraction of sp³-hybridized carbons (Fsp3) is 0.464. The number of carbonyl (C=O) groups is 2. The number of H-pyrrole nitrogens is 1. The molecule has 0 spiro atoms. The van der Waals surface area contributed by atoms with Crippen molar-refractivity contribution in [2.24, 2.45) is 17.3 Å². The molecule has 0 aliphatic heterocycles. The van der Waals surface area contributed by atoms with E-state index in [1.54, 1.807) is 30.5 Å². The summed E-state index contributed by atoms with van der Waals surface area (Å²) in [6.45, 7) is 7.61. The van der Waals surface area contributed by atoms with Crippen LogP contribution in [0.3, 0.4) is 0 Å². The molecule has 1 fully saturated rings. The Morgan fingerprint density at radius 3 is 2.87 bits per heavy atom. The zero-order chi connectivity index (χ0) is 26.9. The number of nitrogens with one attached hydrogen (secondary N) is 3. The highest BCUT2D eigenvalue weighted by atomic mass is 16.4. The van der Waals surface area contributed by atoms with Gasteiger partial charge in [-0.2, -0.15) is 5.10 Å². The Kier molecular flexibility index (Phi) is 7.05. The standard InChI is InChI=1S/C28H34N6O4/c1-4-18-11-17(2)7-9-28(3,14-18)16-30-26(36)22-13-21(32-24-8-10-31-34(22)24)25(35)29-15-19-5-6-23-20(12-19)33-27(37)38-23/h5-6,8,10,12-13,17-18H,4,7,9,11,14-16H2,1-3H3,(H,29,35)(H,30,36)(H,33,37). The number of hydrogen-bond acceptors (Lipinski definition) is 6. The highest BCUT2D eigenvalue weighted by Gasteiger charge is 2.32. The molecule has 0 saturated heterocycles. The minimum atomic E-state index is -0.530. The average Bonchev–Trinajstić information content (AvgIpc) is 3.49. The van der Waals surface area contributed by atoms with E-state index in [1.165, 1.54) is 17.0 Å². The predicted molar refractivity (Wildman–Crippen MR) is 143 cm³/mol. The van der Waals surface area contributed by atoms with Gasteiger partial charge in [0.05, 0.1) is 11.7 Å². The molecular weight excluding hydrogens is 484 g/mol. The molecule has 0 bridgehead atoms. The molecule has 4 aromatic rings. The molecule has 3 heterocycles. The van der Waals surface area contributed by atoms with E-state index in [1.807, 2.05) is 0 Å². The normalized spacial score (nSPS) is 21.9. The van der Waals surface area contributed by atoms with Gasteiger partial charge in [0.1, 0.15) is 11.4 Å². The Hall–Kier alpha value is -3.95. The van der Waals surface area contributed by atoms with Gasteiger partial charge in [-0.15, -0.1) is 0 Å². The molecule has 1 aromatic carbocycles. The quantitative estimate of drug-likeness (QED) is 0.316. The number of nitrogens with zero attached hydrogens (tertiary/aromatic N) is 3. The van der Waals surface area contributed by atoms with Crippen LogP contribution in [0.5, 0.6) is 0 Å². The first-order valence-electron chi connectivity index (χ1n) is 13.3. The summed E-state index contributed by atoms with van der Waals surface area (Å²) >= 11 is 0. The van der Waals surface area contributed by atoms with Gasteiger partial charge in [-0.3, -0.25) is 14.6 Å². The third-order valence-electron chi connectivity index (χ3n) is 7.77. The smallest absolute Gasteiger partial charge is 0.408 e. The molecule has 38 heavy (non-hydrogen) atoms. The van der Waals surface area contributed by atoms with Crippen molar-refractivity contribution in [3.63, 3.8) is 0 Å². The summed E-state index contributed by atoms with van der Waals surface area (Å²) < 4.78 is 6.48. The molecule has 200 valence electrons. The Morgan fingerprint density at radius 1 is 1.21 bits per heavy atom. The minimum Gasteiger partial charge on any atom is -0.408 e. The van der Waals surface area contributed by atoms with Crippen LogP contribution in [0, 0.1) is 17.3 Å². The highest BCUT2D eigenvalue weighted by Crippen LogP contribution is 2.40. The van der Waals surface area contributed by atoms with E-state index < -0.39 is 11.7 Å². The minimum absolute atomic E-state index is 0.0257. The van der Waals surface area contributed by atoms with Gasteiger partial charge in [0.15, 0.2) is 11.2 Å². The molecule has 10 nitrogen and oxygen atoms in total. The second kappa shape index (κ2) is 10.4. The molecular formula is C28H34N6O4. The Morgan fingerprint density at radius 2 is 2.05 bits per heavy atom. The number of fused-ring (bicyclic) bond motifs is 2. The molecule has 5 rings (SSSR count). The van der Waals surface area contributed by atoms with Crippen molar-refractivity contribution in [1.82, 2.24) is 30.2 Å². The largest absolute Gasteiger partial charge is 0.417 e. The van der Waals surface area contributed by atoms with Crippen LogP contribution in [0.1, 0.15) is 79.4 Å². The van der Waals surface area contributed by atoms with Gasteiger partial charge >= 0.3 is 5.76 Å². The maximum atomic E-state index is 13.4. The van der Waals surface area contributed by atoms with Crippen LogP contribution < -0.4 is 16.4 Å². The Balaban J connectivity index is 1.30. The molecule has 1 aliphatic carbocycles. The maximum Gasteiger partial charge on any atom is 0.417 e. The fourth-order valence-corrected chi connectivity index (χ4v) is 5.59. The van der Waals surface area contributed by atoms with Crippen molar-refractivity contribution in [2.75, 3.05) is 6.54 Å². The molecule has 3 N–H and O–H groups in total. The monoisotopic (exact) mass is 518 g/mol. The van der Waals surface area contributed by atoms with Crippen LogP contribution in [0.2, 0.25) is 0 Å². The fourth-order valence-electron chi connectivity index (χ4n) is 5.59. The molecule has 3 atom stereocenters. The van der Waals surface area contributed by atoms with Crippen molar-refractivity contribution in [2.45, 2.75) is 59.4 Å². The number of aromatic nitrogens is 4. The van der Waals surface area contributed by atoms with Crippen LogP contribution in [0.25, 0.3) is 16.7 Å². The number of amides is 2. The van der Waals surface area contributed by atoms with Crippen molar-refractivity contribution in [1.29, 1.82) is 0 Å². The third kappa shape index (κ3) is 5.49. The van der Waals surface area contributed by atoms with Crippen LogP contribution in [0.15, 0.2) is 45.7 Å². The molecule has 2 amide bonds. The average molecular weight is 519 g/mol. The lowest BCUT2D eigenvalue weighted by atomic mass is 9.78. The molecule has 10 heteroatoms. The second-order valence-electron chi connectivity index (χ2n) is 11.0. The summed E-state index contributed by atoms with van der Waals surface area (Å²) in [5.41, 5.74) is 2.62. The van der Waals surface area contributed by atoms with E-state index in [0.717, 1.165) is 31.2 Å². The van der Waals surface area contributed by atoms with Gasteiger partial charge in [-0.05, 0) is 54.2 Å². The number of oxazole rings is 1. The second-order valence-corrected chi connectivity index (χ2v) is 11.0. The van der Waals surface area contributed by atoms with Crippen LogP contribution in [-0.4, -0.2) is 37.9 Å². The molecule has 0 radical (unpaired) electrons. The van der Waals surface area contributed by atoms with E-state index in [-0.39, 0.29) is 29.3 Å². The van der Waals surface area contributed by atoms with E-state index in [0.29, 0.717) is 35.1 Å². The zero-order valence-corrected chi connectivity index (χ0v) is 22.0. The number of rotatable bonds is 7. The van der Waals surface area contributed by atoms with Crippen molar-refractivity contribution in [3.8, 4) is 0 Å². The Labute approximate surface area is 220 Å². The summed E-state index contributed by atoms with van der Waals surface area (Å²) in [5.74, 6) is 0.137. The van der Waals surface area contributed by atoms with Gasteiger partial charge in [-0.1, -0.05) is 39.7 Å². The summed E-state index contributed by atoms with van der Waals surface area (Å²) in [6.07, 6.45) is 7.28. The van der Waals surface area contributed by atoms with Gasteiger partial charge in [0, 0.05) is 25.2 Å². The lowest BCUT2D eigenvalue weighted by Gasteiger charge is -2.31. The molecule has 1 saturated carbocycles. The lowest BCUT2D eigenvalue weighted by Crippen LogP contribution is -2.37. The number of hydrogen-bond donors (Lipinski definition) is 3. The van der Waals surface area contributed by atoms with Gasteiger partial charge < -0.3 is 15.1 Å². The van der Waals surface area contributed by atoms with Gasteiger partial charge in [-0.25, -0.2) is 14.3 Å². The van der Waals surface area contributed by atoms with Gasteiger partial charge in [0.25, 0.3) is 11.8 Å². The van der Waals surface area contributed by atoms with Crippen LogP contribution in [-0.2, 0) is 6.54 Å². The first-order valence-corrected chi connectivity index (χ1v) is 13.3. The van der Waals surface area contributed by atoms with Crippen LogP contribution >= 0.6 is 0 Å². The van der Waals surface area contributed by atoms with E-state index >= 15 is 0 Å². The molecule has 1 aliphatic rings. The SMILES string of the molecule is CCC1CC(C)CCC(C)(CNC(=O)c2cc(C(=O)NCc3ccc4oc(=O)[nH]c4c3)nc3ccnn23)C1. The van der Waals surface area contributed by atoms with Crippen LogP contribution in [0.4, 0.5) is 0 Å². The third-order valence-corrected chi connectivity index (χ3v) is 7.77. The van der Waals surface area contributed by atoms with E-state index in [2.05, 4.69) is 46.5 Å². The zero-order valence-electron chi connectivity index (χ0n) is 22.0. The van der Waals surface area contributed by atoms with Crippen molar-refractivity contribution >= 4 is 28.6 Å². The first-order chi connectivity index (χ1) is 18.2. The van der Waals surface area contributed by atoms with Crippen molar-refractivity contribution < 1.29 is 14.0 Å². The summed E-state index contributed by atoms with van der Waals surface area (Å²) in [7, 11) is 0. The topological polar surface area (TPSA) is 134 Å². The van der Waals surface area contributed by atoms with Gasteiger partial charge in [0.2, 0.25) is 0 Å². The summed E-state index contributed by atoms with van der Waals surface area (Å²) in [4.78, 5) is 44.8. The first kappa shape index (κ1) is 25.7. The number of carbonyl (C=O) groups excluding carboxylic acids is 2. The van der Waals surface area contributed by atoms with E-state index in [4.69, 9.17) is 4.42 Å². The maximum absolute atomic E-state index is 13.4. The summed E-state index contributed by atoms with van der Waals surface area (Å²) in [6, 6.07) is 8.32. The lowest BCUT2D eigenvalue weighted by molar-refractivity contribution is 0.0915. The predicted octanol–water partition coefficient (Wildman–Crippen LogP) is 4.07. The number of benzene rings is 1. The van der Waals surface area contributed by atoms with Crippen molar-refractivity contribution in [3.05, 3.63) is 64.0 Å². The Bertz CT molecular complexity index is 1540. The molecule has 3 aromatic heterocycles. The van der Waals surface area contributed by atoms with E-state index in [9.17, 15) is 14.4 Å². The summed E-state index contributed by atoms with van der Waals surface area (Å²) in [5, 5.41) is 10.2. The molecule has 3 unspecified atom stereocenters. The highest BCUT2D eigenvalue weighted by molar-refractivity contribution is 5.98. The number of aromatic amines is 1.